The minimum absolute atomic E-state index is 0.0888. The lowest BCUT2D eigenvalue weighted by Gasteiger charge is -2.11. The van der Waals surface area contributed by atoms with E-state index in [0.29, 0.717) is 18.0 Å². The second kappa shape index (κ2) is 5.92. The molecule has 0 aliphatic rings. The normalized spacial score (nSPS) is 10.5. The van der Waals surface area contributed by atoms with Crippen molar-refractivity contribution < 1.29 is 9.90 Å². The van der Waals surface area contributed by atoms with E-state index >= 15 is 0 Å². The summed E-state index contributed by atoms with van der Waals surface area (Å²) in [4.78, 5) is 22.5. The third kappa shape index (κ3) is 3.08. The van der Waals surface area contributed by atoms with Crippen LogP contribution in [0.1, 0.15) is 21.6 Å². The standard InChI is InChI=1S/C15H14ClNO3/c1-10-13(16)6-7-14(18)17(10)9-8-11-2-4-12(5-3-11)15(19)20/h2-7H,8-9H2,1H3,(H,19,20). The Bertz CT molecular complexity index is 689. The van der Waals surface area contributed by atoms with E-state index in [1.54, 1.807) is 41.8 Å². The quantitative estimate of drug-likeness (QED) is 0.942. The molecule has 0 aliphatic heterocycles. The number of hydrogen-bond acceptors (Lipinski definition) is 2. The van der Waals surface area contributed by atoms with Crippen LogP contribution in [-0.4, -0.2) is 15.6 Å². The zero-order valence-electron chi connectivity index (χ0n) is 11.0. The molecule has 0 unspecified atom stereocenters. The van der Waals surface area contributed by atoms with Crippen molar-refractivity contribution in [2.45, 2.75) is 19.9 Å². The number of hydrogen-bond donors (Lipinski definition) is 1. The number of rotatable bonds is 4. The molecule has 1 N–H and O–H groups in total. The summed E-state index contributed by atoms with van der Waals surface area (Å²) in [6, 6.07) is 9.68. The number of aromatic carboxylic acids is 1. The summed E-state index contributed by atoms with van der Waals surface area (Å²) in [5.74, 6) is -0.946. The second-order valence-corrected chi connectivity index (χ2v) is 4.92. The maximum absolute atomic E-state index is 11.8. The minimum Gasteiger partial charge on any atom is -0.478 e. The monoisotopic (exact) mass is 291 g/mol. The van der Waals surface area contributed by atoms with Crippen LogP contribution in [0.4, 0.5) is 0 Å². The molecule has 0 saturated carbocycles. The summed E-state index contributed by atoms with van der Waals surface area (Å²) in [7, 11) is 0. The van der Waals surface area contributed by atoms with Crippen LogP contribution in [-0.2, 0) is 13.0 Å². The second-order valence-electron chi connectivity index (χ2n) is 4.51. The Hall–Kier alpha value is -2.07. The molecule has 5 heteroatoms. The van der Waals surface area contributed by atoms with Crippen molar-refractivity contribution in [1.82, 2.24) is 4.57 Å². The Morgan fingerprint density at radius 1 is 1.20 bits per heavy atom. The molecule has 0 saturated heterocycles. The highest BCUT2D eigenvalue weighted by Crippen LogP contribution is 2.12. The number of halogens is 1. The van der Waals surface area contributed by atoms with Crippen molar-refractivity contribution >= 4 is 17.6 Å². The van der Waals surface area contributed by atoms with Gasteiger partial charge in [0.25, 0.3) is 5.56 Å². The molecule has 2 aromatic rings. The molecule has 2 rings (SSSR count). The zero-order chi connectivity index (χ0) is 14.7. The molecule has 0 fully saturated rings. The fourth-order valence-electron chi connectivity index (χ4n) is 1.98. The predicted molar refractivity (Wildman–Crippen MR) is 77.6 cm³/mol. The summed E-state index contributed by atoms with van der Waals surface area (Å²) in [6.45, 7) is 2.31. The maximum atomic E-state index is 11.8. The van der Waals surface area contributed by atoms with Crippen molar-refractivity contribution in [2.24, 2.45) is 0 Å². The Morgan fingerprint density at radius 3 is 2.45 bits per heavy atom. The lowest BCUT2D eigenvalue weighted by atomic mass is 10.1. The van der Waals surface area contributed by atoms with Crippen molar-refractivity contribution in [3.63, 3.8) is 0 Å². The highest BCUT2D eigenvalue weighted by Gasteiger charge is 2.05. The van der Waals surface area contributed by atoms with Crippen LogP contribution < -0.4 is 5.56 Å². The molecule has 1 heterocycles. The smallest absolute Gasteiger partial charge is 0.335 e. The Kier molecular flexibility index (Phi) is 4.25. The number of carbonyl (C=O) groups is 1. The average molecular weight is 292 g/mol. The molecule has 0 spiro atoms. The van der Waals surface area contributed by atoms with Crippen LogP contribution in [0.5, 0.6) is 0 Å². The van der Waals surface area contributed by atoms with Crippen molar-refractivity contribution in [1.29, 1.82) is 0 Å². The summed E-state index contributed by atoms with van der Waals surface area (Å²) in [5, 5.41) is 9.39. The fourth-order valence-corrected chi connectivity index (χ4v) is 2.15. The fraction of sp³-hybridized carbons (Fsp3) is 0.200. The van der Waals surface area contributed by atoms with Gasteiger partial charge in [0.15, 0.2) is 0 Å². The minimum atomic E-state index is -0.946. The summed E-state index contributed by atoms with van der Waals surface area (Å²) in [6.07, 6.45) is 0.640. The van der Waals surface area contributed by atoms with Gasteiger partial charge in [-0.05, 0) is 37.1 Å². The van der Waals surface area contributed by atoms with E-state index in [9.17, 15) is 9.59 Å². The van der Waals surface area contributed by atoms with Gasteiger partial charge in [0.2, 0.25) is 0 Å². The molecule has 0 radical (unpaired) electrons. The molecule has 20 heavy (non-hydrogen) atoms. The van der Waals surface area contributed by atoms with Gasteiger partial charge in [0, 0.05) is 18.3 Å². The van der Waals surface area contributed by atoms with Crippen molar-refractivity contribution in [3.8, 4) is 0 Å². The highest BCUT2D eigenvalue weighted by atomic mass is 35.5. The Labute approximate surface area is 121 Å². The summed E-state index contributed by atoms with van der Waals surface area (Å²) >= 11 is 6.00. The van der Waals surface area contributed by atoms with E-state index in [4.69, 9.17) is 16.7 Å². The number of aromatic nitrogens is 1. The Balaban J connectivity index is 2.15. The first-order valence-electron chi connectivity index (χ1n) is 6.17. The van der Waals surface area contributed by atoms with Gasteiger partial charge >= 0.3 is 5.97 Å². The van der Waals surface area contributed by atoms with E-state index in [1.165, 1.54) is 6.07 Å². The predicted octanol–water partition coefficient (Wildman–Crippen LogP) is 2.75. The number of carboxylic acid groups (broad SMARTS) is 1. The molecule has 0 aliphatic carbocycles. The Morgan fingerprint density at radius 2 is 1.85 bits per heavy atom. The van der Waals surface area contributed by atoms with Crippen LogP contribution >= 0.6 is 11.6 Å². The number of nitrogens with zero attached hydrogens (tertiary/aromatic N) is 1. The van der Waals surface area contributed by atoms with Gasteiger partial charge in [-0.25, -0.2) is 4.79 Å². The van der Waals surface area contributed by atoms with Crippen LogP contribution in [0.15, 0.2) is 41.2 Å². The zero-order valence-corrected chi connectivity index (χ0v) is 11.7. The molecule has 0 atom stereocenters. The first-order chi connectivity index (χ1) is 9.49. The van der Waals surface area contributed by atoms with E-state index < -0.39 is 5.97 Å². The van der Waals surface area contributed by atoms with Gasteiger partial charge < -0.3 is 9.67 Å². The number of pyridine rings is 1. The lowest BCUT2D eigenvalue weighted by Crippen LogP contribution is -2.22. The molecule has 1 aromatic heterocycles. The van der Waals surface area contributed by atoms with Crippen LogP contribution in [0.2, 0.25) is 5.02 Å². The van der Waals surface area contributed by atoms with Crippen molar-refractivity contribution in [3.05, 3.63) is 68.6 Å². The van der Waals surface area contributed by atoms with Crippen LogP contribution in [0.3, 0.4) is 0 Å². The molecular formula is C15H14ClNO3. The van der Waals surface area contributed by atoms with Crippen molar-refractivity contribution in [2.75, 3.05) is 0 Å². The third-order valence-electron chi connectivity index (χ3n) is 3.21. The number of aryl methyl sites for hydroxylation is 1. The number of carboxylic acids is 1. The van der Waals surface area contributed by atoms with Gasteiger partial charge in [-0.2, -0.15) is 0 Å². The molecule has 1 aromatic carbocycles. The average Bonchev–Trinajstić information content (AvgIpc) is 2.43. The topological polar surface area (TPSA) is 59.3 Å². The summed E-state index contributed by atoms with van der Waals surface area (Å²) in [5.41, 5.74) is 1.88. The third-order valence-corrected chi connectivity index (χ3v) is 3.61. The van der Waals surface area contributed by atoms with Crippen LogP contribution in [0, 0.1) is 6.92 Å². The SMILES string of the molecule is Cc1c(Cl)ccc(=O)n1CCc1ccc(C(=O)O)cc1. The molecule has 0 bridgehead atoms. The summed E-state index contributed by atoms with van der Waals surface area (Å²) < 4.78 is 1.62. The largest absolute Gasteiger partial charge is 0.478 e. The number of benzene rings is 1. The van der Waals surface area contributed by atoms with Crippen LogP contribution in [0.25, 0.3) is 0 Å². The first-order valence-corrected chi connectivity index (χ1v) is 6.55. The van der Waals surface area contributed by atoms with Gasteiger partial charge in [0.1, 0.15) is 0 Å². The first kappa shape index (κ1) is 14.3. The highest BCUT2D eigenvalue weighted by molar-refractivity contribution is 6.31. The van der Waals surface area contributed by atoms with Gasteiger partial charge in [-0.1, -0.05) is 23.7 Å². The lowest BCUT2D eigenvalue weighted by molar-refractivity contribution is 0.0697. The van der Waals surface area contributed by atoms with E-state index in [0.717, 1.165) is 11.3 Å². The van der Waals surface area contributed by atoms with E-state index in [1.807, 2.05) is 0 Å². The van der Waals surface area contributed by atoms with E-state index in [2.05, 4.69) is 0 Å². The molecule has 4 nitrogen and oxygen atoms in total. The van der Waals surface area contributed by atoms with Gasteiger partial charge in [0.05, 0.1) is 10.6 Å². The van der Waals surface area contributed by atoms with E-state index in [-0.39, 0.29) is 11.1 Å². The molecule has 104 valence electrons. The molecule has 0 amide bonds. The van der Waals surface area contributed by atoms with Gasteiger partial charge in [-0.3, -0.25) is 4.79 Å². The molecular weight excluding hydrogens is 278 g/mol. The van der Waals surface area contributed by atoms with Gasteiger partial charge in [-0.15, -0.1) is 0 Å². The maximum Gasteiger partial charge on any atom is 0.335 e.